The fourth-order valence-electron chi connectivity index (χ4n) is 2.25. The summed E-state index contributed by atoms with van der Waals surface area (Å²) in [7, 11) is 0. The van der Waals surface area contributed by atoms with Gasteiger partial charge in [0.05, 0.1) is 5.56 Å². The van der Waals surface area contributed by atoms with E-state index in [1.54, 1.807) is 0 Å². The van der Waals surface area contributed by atoms with Crippen molar-refractivity contribution in [2.75, 3.05) is 0 Å². The third kappa shape index (κ3) is 2.86. The Morgan fingerprint density at radius 2 is 1.85 bits per heavy atom. The minimum absolute atomic E-state index is 0.0141. The Morgan fingerprint density at radius 3 is 2.40 bits per heavy atom. The highest BCUT2D eigenvalue weighted by Crippen LogP contribution is 2.32. The van der Waals surface area contributed by atoms with E-state index in [9.17, 15) is 27.2 Å². The van der Waals surface area contributed by atoms with Crippen LogP contribution in [0.15, 0.2) is 12.3 Å². The summed E-state index contributed by atoms with van der Waals surface area (Å²) >= 11 is 0. The number of hydrogen-bond donors (Lipinski definition) is 0. The SMILES string of the molecule is O=C1CCC(C(=O)c2ccnc(C(F)(F)F)c2F)CC1. The van der Waals surface area contributed by atoms with E-state index in [0.29, 0.717) is 0 Å². The van der Waals surface area contributed by atoms with E-state index in [4.69, 9.17) is 0 Å². The monoisotopic (exact) mass is 289 g/mol. The van der Waals surface area contributed by atoms with E-state index >= 15 is 0 Å². The number of Topliss-reactive ketones (excluding diaryl/α,β-unsaturated/α-hetero) is 2. The molecule has 1 fully saturated rings. The molecule has 0 amide bonds. The predicted octanol–water partition coefficient (Wildman–Crippen LogP) is 3.18. The Kier molecular flexibility index (Phi) is 3.87. The molecule has 0 atom stereocenters. The van der Waals surface area contributed by atoms with Gasteiger partial charge in [-0.15, -0.1) is 0 Å². The number of pyridine rings is 1. The van der Waals surface area contributed by atoms with E-state index < -0.39 is 35.0 Å². The molecule has 0 N–H and O–H groups in total. The predicted molar refractivity (Wildman–Crippen MR) is 60.5 cm³/mol. The lowest BCUT2D eigenvalue weighted by atomic mass is 9.83. The summed E-state index contributed by atoms with van der Waals surface area (Å²) in [6.45, 7) is 0. The third-order valence-electron chi connectivity index (χ3n) is 3.34. The van der Waals surface area contributed by atoms with Crippen LogP contribution in [-0.2, 0) is 11.0 Å². The van der Waals surface area contributed by atoms with Crippen molar-refractivity contribution in [1.82, 2.24) is 4.98 Å². The van der Waals surface area contributed by atoms with Crippen molar-refractivity contribution in [3.05, 3.63) is 29.3 Å². The van der Waals surface area contributed by atoms with Crippen molar-refractivity contribution in [2.24, 2.45) is 5.92 Å². The first-order valence-corrected chi connectivity index (χ1v) is 6.08. The molecular formula is C13H11F4NO2. The molecule has 0 bridgehead atoms. The molecule has 1 aliphatic rings. The zero-order chi connectivity index (χ0) is 14.9. The molecule has 0 aromatic carbocycles. The van der Waals surface area contributed by atoms with E-state index in [1.807, 2.05) is 0 Å². The van der Waals surface area contributed by atoms with Gasteiger partial charge in [-0.3, -0.25) is 9.59 Å². The van der Waals surface area contributed by atoms with Crippen LogP contribution in [0.5, 0.6) is 0 Å². The van der Waals surface area contributed by atoms with Gasteiger partial charge < -0.3 is 0 Å². The number of alkyl halides is 3. The average molecular weight is 289 g/mol. The van der Waals surface area contributed by atoms with Gasteiger partial charge in [0.15, 0.2) is 17.3 Å². The van der Waals surface area contributed by atoms with Crippen molar-refractivity contribution in [3.63, 3.8) is 0 Å². The maximum absolute atomic E-state index is 13.8. The topological polar surface area (TPSA) is 47.0 Å². The summed E-state index contributed by atoms with van der Waals surface area (Å²) in [4.78, 5) is 26.1. The van der Waals surface area contributed by atoms with Crippen molar-refractivity contribution >= 4 is 11.6 Å². The summed E-state index contributed by atoms with van der Waals surface area (Å²) in [6.07, 6.45) is -3.26. The first kappa shape index (κ1) is 14.6. The average Bonchev–Trinajstić information content (AvgIpc) is 2.37. The maximum Gasteiger partial charge on any atom is 0.436 e. The molecular weight excluding hydrogens is 278 g/mol. The van der Waals surface area contributed by atoms with E-state index in [0.717, 1.165) is 12.3 Å². The third-order valence-corrected chi connectivity index (χ3v) is 3.34. The van der Waals surface area contributed by atoms with Crippen LogP contribution in [0.25, 0.3) is 0 Å². The van der Waals surface area contributed by atoms with Gasteiger partial charge in [-0.05, 0) is 18.9 Å². The molecule has 0 aliphatic heterocycles. The Labute approximate surface area is 112 Å². The lowest BCUT2D eigenvalue weighted by Crippen LogP contribution is -2.24. The van der Waals surface area contributed by atoms with Crippen LogP contribution in [0.3, 0.4) is 0 Å². The van der Waals surface area contributed by atoms with E-state index in [2.05, 4.69) is 4.98 Å². The normalized spacial score (nSPS) is 17.3. The van der Waals surface area contributed by atoms with E-state index in [-0.39, 0.29) is 31.5 Å². The fraction of sp³-hybridized carbons (Fsp3) is 0.462. The molecule has 1 aromatic heterocycles. The summed E-state index contributed by atoms with van der Waals surface area (Å²) in [5.41, 5.74) is -2.29. The largest absolute Gasteiger partial charge is 0.436 e. The molecule has 1 aromatic rings. The van der Waals surface area contributed by atoms with Crippen LogP contribution in [0, 0.1) is 11.7 Å². The summed E-state index contributed by atoms with van der Waals surface area (Å²) in [5.74, 6) is -2.92. The van der Waals surface area contributed by atoms with Gasteiger partial charge in [0.25, 0.3) is 0 Å². The minimum atomic E-state index is -4.94. The van der Waals surface area contributed by atoms with Gasteiger partial charge in [-0.25, -0.2) is 9.37 Å². The Hall–Kier alpha value is -1.79. The van der Waals surface area contributed by atoms with Crippen molar-refractivity contribution in [1.29, 1.82) is 0 Å². The van der Waals surface area contributed by atoms with Crippen molar-refractivity contribution in [2.45, 2.75) is 31.9 Å². The van der Waals surface area contributed by atoms with E-state index in [1.165, 1.54) is 0 Å². The second-order valence-electron chi connectivity index (χ2n) is 4.70. The molecule has 0 spiro atoms. The highest BCUT2D eigenvalue weighted by molar-refractivity contribution is 5.99. The number of aromatic nitrogens is 1. The smallest absolute Gasteiger partial charge is 0.300 e. The number of nitrogens with zero attached hydrogens (tertiary/aromatic N) is 1. The van der Waals surface area contributed by atoms with Crippen molar-refractivity contribution in [3.8, 4) is 0 Å². The first-order chi connectivity index (χ1) is 9.30. The number of halogens is 4. The lowest BCUT2D eigenvalue weighted by Gasteiger charge is -2.20. The standard InChI is InChI=1S/C13H11F4NO2/c14-10-9(5-6-18-12(10)13(15,16)17)11(20)7-1-3-8(19)4-2-7/h5-7H,1-4H2. The lowest BCUT2D eigenvalue weighted by molar-refractivity contribution is -0.143. The van der Waals surface area contributed by atoms with Gasteiger partial charge in [0.2, 0.25) is 0 Å². The van der Waals surface area contributed by atoms with Crippen LogP contribution in [0.2, 0.25) is 0 Å². The molecule has 0 radical (unpaired) electrons. The number of ketones is 2. The van der Waals surface area contributed by atoms with Crippen molar-refractivity contribution < 1.29 is 27.2 Å². The zero-order valence-corrected chi connectivity index (χ0v) is 10.3. The molecule has 20 heavy (non-hydrogen) atoms. The Balaban J connectivity index is 2.29. The second-order valence-corrected chi connectivity index (χ2v) is 4.70. The zero-order valence-electron chi connectivity index (χ0n) is 10.3. The Bertz CT molecular complexity index is 544. The summed E-state index contributed by atoms with van der Waals surface area (Å²) in [5, 5.41) is 0. The van der Waals surface area contributed by atoms with Gasteiger partial charge in [-0.1, -0.05) is 0 Å². The van der Waals surface area contributed by atoms with Crippen LogP contribution < -0.4 is 0 Å². The van der Waals surface area contributed by atoms with Gasteiger partial charge in [-0.2, -0.15) is 13.2 Å². The fourth-order valence-corrected chi connectivity index (χ4v) is 2.25. The van der Waals surface area contributed by atoms with Gasteiger partial charge in [0, 0.05) is 25.0 Å². The maximum atomic E-state index is 13.8. The Morgan fingerprint density at radius 1 is 1.25 bits per heavy atom. The summed E-state index contributed by atoms with van der Waals surface area (Å²) in [6, 6.07) is 0.948. The number of rotatable bonds is 2. The van der Waals surface area contributed by atoms with Gasteiger partial charge >= 0.3 is 6.18 Å². The molecule has 0 saturated heterocycles. The highest BCUT2D eigenvalue weighted by Gasteiger charge is 2.38. The minimum Gasteiger partial charge on any atom is -0.300 e. The molecule has 108 valence electrons. The molecule has 0 unspecified atom stereocenters. The van der Waals surface area contributed by atoms with Crippen LogP contribution in [0.4, 0.5) is 17.6 Å². The molecule has 1 saturated carbocycles. The number of hydrogen-bond acceptors (Lipinski definition) is 3. The van der Waals surface area contributed by atoms with Crippen LogP contribution in [0.1, 0.15) is 41.7 Å². The van der Waals surface area contributed by atoms with Gasteiger partial charge in [0.1, 0.15) is 5.78 Å². The first-order valence-electron chi connectivity index (χ1n) is 6.08. The molecule has 7 heteroatoms. The molecule has 3 nitrogen and oxygen atoms in total. The summed E-state index contributed by atoms with van der Waals surface area (Å²) < 4.78 is 51.4. The second kappa shape index (κ2) is 5.30. The highest BCUT2D eigenvalue weighted by atomic mass is 19.4. The molecule has 1 heterocycles. The quantitative estimate of drug-likeness (QED) is 0.620. The number of carbonyl (C=O) groups excluding carboxylic acids is 2. The molecule has 1 aliphatic carbocycles. The number of carbonyl (C=O) groups is 2. The molecule has 2 rings (SSSR count). The van der Waals surface area contributed by atoms with Crippen LogP contribution in [-0.4, -0.2) is 16.6 Å². The van der Waals surface area contributed by atoms with Crippen LogP contribution >= 0.6 is 0 Å².